The molecular weight excluding hydrogens is 254 g/mol. The first-order valence-electron chi connectivity index (χ1n) is 6.70. The van der Waals surface area contributed by atoms with Gasteiger partial charge in [-0.1, -0.05) is 12.1 Å². The smallest absolute Gasteiger partial charge is 0.272 e. The van der Waals surface area contributed by atoms with Crippen LogP contribution in [0.1, 0.15) is 23.6 Å². The van der Waals surface area contributed by atoms with E-state index < -0.39 is 0 Å². The van der Waals surface area contributed by atoms with Crippen molar-refractivity contribution in [2.75, 3.05) is 0 Å². The molecular formula is C15H19N3O2. The molecule has 0 unspecified atom stereocenters. The van der Waals surface area contributed by atoms with Crippen LogP contribution in [0.15, 0.2) is 36.7 Å². The molecule has 0 fully saturated rings. The number of nitrogens with one attached hydrogen (secondary N) is 1. The number of hydrogen-bond donors (Lipinski definition) is 1. The molecule has 0 spiro atoms. The summed E-state index contributed by atoms with van der Waals surface area (Å²) in [6, 6.07) is 7.28. The first-order chi connectivity index (χ1) is 9.61. The number of hydrogen-bond acceptors (Lipinski definition) is 3. The molecule has 20 heavy (non-hydrogen) atoms. The largest absolute Gasteiger partial charge is 0.354 e. The van der Waals surface area contributed by atoms with Gasteiger partial charge < -0.3 is 9.88 Å². The van der Waals surface area contributed by atoms with Gasteiger partial charge in [0.25, 0.3) is 5.69 Å². The van der Waals surface area contributed by atoms with Gasteiger partial charge in [0.1, 0.15) is 0 Å². The molecule has 0 atom stereocenters. The number of aromatic nitrogens is 1. The zero-order chi connectivity index (χ0) is 14.5. The second-order valence-electron chi connectivity index (χ2n) is 4.77. The van der Waals surface area contributed by atoms with Crippen LogP contribution in [-0.2, 0) is 19.6 Å². The zero-order valence-electron chi connectivity index (χ0n) is 11.8. The van der Waals surface area contributed by atoms with Gasteiger partial charge in [0, 0.05) is 43.7 Å². The molecule has 0 aliphatic heterocycles. The third kappa shape index (κ3) is 3.24. The molecule has 2 rings (SSSR count). The Bertz CT molecular complexity index is 605. The average molecular weight is 273 g/mol. The van der Waals surface area contributed by atoms with Gasteiger partial charge in [-0.2, -0.15) is 0 Å². The lowest BCUT2D eigenvalue weighted by molar-refractivity contribution is -0.385. The van der Waals surface area contributed by atoms with Crippen LogP contribution in [0.5, 0.6) is 0 Å². The Balaban J connectivity index is 1.97. The molecule has 0 aliphatic carbocycles. The van der Waals surface area contributed by atoms with E-state index >= 15 is 0 Å². The van der Waals surface area contributed by atoms with E-state index in [9.17, 15) is 10.1 Å². The Morgan fingerprint density at radius 2 is 2.10 bits per heavy atom. The summed E-state index contributed by atoms with van der Waals surface area (Å²) in [6.07, 6.45) is 4.16. The molecule has 2 aromatic rings. The minimum atomic E-state index is -0.333. The van der Waals surface area contributed by atoms with Crippen molar-refractivity contribution < 1.29 is 4.92 Å². The molecule has 0 saturated carbocycles. The highest BCUT2D eigenvalue weighted by Crippen LogP contribution is 2.20. The van der Waals surface area contributed by atoms with E-state index in [0.717, 1.165) is 24.2 Å². The second-order valence-corrected chi connectivity index (χ2v) is 4.77. The van der Waals surface area contributed by atoms with Gasteiger partial charge in [0.05, 0.1) is 4.92 Å². The maximum Gasteiger partial charge on any atom is 0.272 e. The van der Waals surface area contributed by atoms with Crippen molar-refractivity contribution in [2.24, 2.45) is 0 Å². The zero-order valence-corrected chi connectivity index (χ0v) is 11.8. The van der Waals surface area contributed by atoms with Crippen molar-refractivity contribution in [2.45, 2.75) is 33.5 Å². The fourth-order valence-electron chi connectivity index (χ4n) is 2.19. The van der Waals surface area contributed by atoms with E-state index in [1.165, 1.54) is 5.56 Å². The molecule has 0 aliphatic rings. The maximum atomic E-state index is 10.9. The first-order valence-corrected chi connectivity index (χ1v) is 6.70. The van der Waals surface area contributed by atoms with Crippen LogP contribution >= 0.6 is 0 Å². The third-order valence-corrected chi connectivity index (χ3v) is 3.44. The van der Waals surface area contributed by atoms with E-state index in [-0.39, 0.29) is 10.6 Å². The van der Waals surface area contributed by atoms with Crippen LogP contribution in [-0.4, -0.2) is 9.49 Å². The molecule has 0 bridgehead atoms. The Morgan fingerprint density at radius 1 is 1.30 bits per heavy atom. The van der Waals surface area contributed by atoms with Crippen LogP contribution in [0.3, 0.4) is 0 Å². The summed E-state index contributed by atoms with van der Waals surface area (Å²) in [7, 11) is 0. The fraction of sp³-hybridized carbons (Fsp3) is 0.333. The van der Waals surface area contributed by atoms with Gasteiger partial charge in [-0.25, -0.2) is 0 Å². The quantitative estimate of drug-likeness (QED) is 0.650. The number of benzene rings is 1. The normalized spacial score (nSPS) is 10.7. The maximum absolute atomic E-state index is 10.9. The molecule has 5 heteroatoms. The average Bonchev–Trinajstić information content (AvgIpc) is 2.88. The van der Waals surface area contributed by atoms with Crippen molar-refractivity contribution in [1.82, 2.24) is 9.88 Å². The first kappa shape index (κ1) is 14.3. The number of rotatable bonds is 6. The molecule has 0 saturated heterocycles. The minimum absolute atomic E-state index is 0.182. The van der Waals surface area contributed by atoms with E-state index in [2.05, 4.69) is 35.3 Å². The Kier molecular flexibility index (Phi) is 4.53. The minimum Gasteiger partial charge on any atom is -0.354 e. The summed E-state index contributed by atoms with van der Waals surface area (Å²) in [6.45, 7) is 6.25. The molecule has 1 N–H and O–H groups in total. The monoisotopic (exact) mass is 273 g/mol. The summed E-state index contributed by atoms with van der Waals surface area (Å²) < 4.78 is 2.12. The van der Waals surface area contributed by atoms with Crippen molar-refractivity contribution in [3.63, 3.8) is 0 Å². The summed E-state index contributed by atoms with van der Waals surface area (Å²) in [4.78, 5) is 10.6. The lowest BCUT2D eigenvalue weighted by atomic mass is 10.1. The predicted molar refractivity (Wildman–Crippen MR) is 78.5 cm³/mol. The summed E-state index contributed by atoms with van der Waals surface area (Å²) in [5.74, 6) is 0. The number of nitrogens with zero attached hydrogens (tertiary/aromatic N) is 2. The van der Waals surface area contributed by atoms with Gasteiger partial charge in [0.15, 0.2) is 0 Å². The van der Waals surface area contributed by atoms with Crippen LogP contribution in [0.4, 0.5) is 5.69 Å². The predicted octanol–water partition coefficient (Wildman–Crippen LogP) is 3.01. The fourth-order valence-corrected chi connectivity index (χ4v) is 2.19. The van der Waals surface area contributed by atoms with Gasteiger partial charge in [-0.3, -0.25) is 10.1 Å². The molecule has 1 aromatic heterocycles. The Labute approximate surface area is 118 Å². The SMILES string of the molecule is CCn1ccc(CNCc2cccc([N+](=O)[O-])c2C)c1. The number of aryl methyl sites for hydroxylation is 1. The molecule has 1 aromatic carbocycles. The van der Waals surface area contributed by atoms with Crippen molar-refractivity contribution in [3.8, 4) is 0 Å². The molecule has 106 valence electrons. The lowest BCUT2D eigenvalue weighted by Gasteiger charge is -2.07. The van der Waals surface area contributed by atoms with E-state index in [4.69, 9.17) is 0 Å². The van der Waals surface area contributed by atoms with Crippen molar-refractivity contribution in [1.29, 1.82) is 0 Å². The van der Waals surface area contributed by atoms with Crippen LogP contribution < -0.4 is 5.32 Å². The molecule has 5 nitrogen and oxygen atoms in total. The van der Waals surface area contributed by atoms with Gasteiger partial charge in [-0.05, 0) is 31.0 Å². The molecule has 0 radical (unpaired) electrons. The van der Waals surface area contributed by atoms with E-state index in [1.807, 2.05) is 6.07 Å². The number of nitro benzene ring substituents is 1. The topological polar surface area (TPSA) is 60.1 Å². The van der Waals surface area contributed by atoms with Crippen molar-refractivity contribution >= 4 is 5.69 Å². The van der Waals surface area contributed by atoms with Crippen LogP contribution in [0.2, 0.25) is 0 Å². The van der Waals surface area contributed by atoms with Gasteiger partial charge in [-0.15, -0.1) is 0 Å². The second kappa shape index (κ2) is 6.34. The molecule has 0 amide bonds. The Hall–Kier alpha value is -2.14. The summed E-state index contributed by atoms with van der Waals surface area (Å²) in [5.41, 5.74) is 3.10. The Morgan fingerprint density at radius 3 is 2.75 bits per heavy atom. The summed E-state index contributed by atoms with van der Waals surface area (Å²) >= 11 is 0. The van der Waals surface area contributed by atoms with Gasteiger partial charge >= 0.3 is 0 Å². The summed E-state index contributed by atoms with van der Waals surface area (Å²) in [5, 5.41) is 14.2. The van der Waals surface area contributed by atoms with Gasteiger partial charge in [0.2, 0.25) is 0 Å². The van der Waals surface area contributed by atoms with Crippen LogP contribution in [0.25, 0.3) is 0 Å². The molecule has 1 heterocycles. The number of nitro groups is 1. The third-order valence-electron chi connectivity index (χ3n) is 3.44. The highest BCUT2D eigenvalue weighted by molar-refractivity contribution is 5.44. The standard InChI is InChI=1S/C15H19N3O2/c1-3-17-8-7-13(11-17)9-16-10-14-5-4-6-15(12(14)2)18(19)20/h4-8,11,16H,3,9-10H2,1-2H3. The van der Waals surface area contributed by atoms with Crippen LogP contribution in [0, 0.1) is 17.0 Å². The van der Waals surface area contributed by atoms with E-state index in [0.29, 0.717) is 6.54 Å². The lowest BCUT2D eigenvalue weighted by Crippen LogP contribution is -2.13. The van der Waals surface area contributed by atoms with Crippen molar-refractivity contribution in [3.05, 3.63) is 63.5 Å². The van der Waals surface area contributed by atoms with E-state index in [1.54, 1.807) is 19.1 Å². The highest BCUT2D eigenvalue weighted by Gasteiger charge is 2.12. The highest BCUT2D eigenvalue weighted by atomic mass is 16.6.